The third kappa shape index (κ3) is 1.97. The van der Waals surface area contributed by atoms with Crippen molar-refractivity contribution in [3.8, 4) is 0 Å². The molecule has 0 aromatic rings. The number of ether oxygens (including phenoxy) is 2. The van der Waals surface area contributed by atoms with Gasteiger partial charge in [0.05, 0.1) is 18.8 Å². The minimum Gasteiger partial charge on any atom is -0.382 e. The van der Waals surface area contributed by atoms with Crippen LogP contribution < -0.4 is 5.32 Å². The second-order valence-corrected chi connectivity index (χ2v) is 3.75. The first-order valence-electron chi connectivity index (χ1n) is 4.75. The van der Waals surface area contributed by atoms with Crippen LogP contribution in [0, 0.1) is 5.92 Å². The van der Waals surface area contributed by atoms with Crippen LogP contribution in [0.3, 0.4) is 0 Å². The summed E-state index contributed by atoms with van der Waals surface area (Å²) in [4.78, 5) is 0. The quantitative estimate of drug-likeness (QED) is 0.666. The number of hydrogen-bond donors (Lipinski definition) is 1. The largest absolute Gasteiger partial charge is 0.382 e. The highest BCUT2D eigenvalue weighted by molar-refractivity contribution is 4.87. The summed E-state index contributed by atoms with van der Waals surface area (Å²) in [5.74, 6) is 0.831. The minimum atomic E-state index is 0.273. The molecule has 0 amide bonds. The van der Waals surface area contributed by atoms with E-state index in [4.69, 9.17) is 9.47 Å². The van der Waals surface area contributed by atoms with Crippen LogP contribution >= 0.6 is 0 Å². The van der Waals surface area contributed by atoms with Crippen molar-refractivity contribution in [1.29, 1.82) is 0 Å². The molecule has 70 valence electrons. The predicted octanol–water partition coefficient (Wildman–Crippen LogP) is 0.400. The molecule has 1 saturated carbocycles. The number of nitrogens with one attached hydrogen (secondary N) is 1. The van der Waals surface area contributed by atoms with Gasteiger partial charge in [0.15, 0.2) is 0 Å². The van der Waals surface area contributed by atoms with Gasteiger partial charge in [0, 0.05) is 20.2 Å². The number of morpholine rings is 1. The van der Waals surface area contributed by atoms with E-state index in [-0.39, 0.29) is 6.10 Å². The second kappa shape index (κ2) is 3.73. The zero-order valence-corrected chi connectivity index (χ0v) is 7.58. The Balaban J connectivity index is 1.77. The fraction of sp³-hybridized carbons (Fsp3) is 1.00. The number of hydrogen-bond acceptors (Lipinski definition) is 3. The fourth-order valence-corrected chi connectivity index (χ4v) is 1.76. The standard InChI is InChI=1S/C9H17NO2/c1-11-6-8-4-10-5-9(12-8)7-2-3-7/h7-10H,2-6H2,1H3. The molecule has 1 heterocycles. The van der Waals surface area contributed by atoms with Crippen LogP contribution in [0.5, 0.6) is 0 Å². The van der Waals surface area contributed by atoms with Gasteiger partial charge >= 0.3 is 0 Å². The first-order valence-corrected chi connectivity index (χ1v) is 4.75. The topological polar surface area (TPSA) is 30.5 Å². The van der Waals surface area contributed by atoms with Crippen molar-refractivity contribution in [3.05, 3.63) is 0 Å². The number of methoxy groups -OCH3 is 1. The van der Waals surface area contributed by atoms with Crippen molar-refractivity contribution >= 4 is 0 Å². The highest BCUT2D eigenvalue weighted by Crippen LogP contribution is 2.35. The van der Waals surface area contributed by atoms with Gasteiger partial charge in [0.1, 0.15) is 0 Å². The SMILES string of the molecule is COCC1CNCC(C2CC2)O1. The van der Waals surface area contributed by atoms with Crippen LogP contribution in [0.15, 0.2) is 0 Å². The summed E-state index contributed by atoms with van der Waals surface area (Å²) in [5, 5.41) is 3.39. The molecule has 2 rings (SSSR count). The average molecular weight is 171 g/mol. The normalized spacial score (nSPS) is 36.8. The highest BCUT2D eigenvalue weighted by atomic mass is 16.5. The Bertz CT molecular complexity index is 145. The van der Waals surface area contributed by atoms with Crippen LogP contribution in [0.2, 0.25) is 0 Å². The first kappa shape index (κ1) is 8.48. The van der Waals surface area contributed by atoms with Crippen LogP contribution in [-0.2, 0) is 9.47 Å². The van der Waals surface area contributed by atoms with E-state index in [1.54, 1.807) is 7.11 Å². The van der Waals surface area contributed by atoms with Crippen molar-refractivity contribution < 1.29 is 9.47 Å². The summed E-state index contributed by atoms with van der Waals surface area (Å²) >= 11 is 0. The molecule has 0 aromatic carbocycles. The molecule has 12 heavy (non-hydrogen) atoms. The van der Waals surface area contributed by atoms with Gasteiger partial charge in [0.25, 0.3) is 0 Å². The maximum absolute atomic E-state index is 5.86. The molecule has 1 saturated heterocycles. The lowest BCUT2D eigenvalue weighted by Gasteiger charge is -2.30. The Morgan fingerprint density at radius 1 is 1.42 bits per heavy atom. The van der Waals surface area contributed by atoms with Gasteiger partial charge in [-0.1, -0.05) is 0 Å². The average Bonchev–Trinajstić information content (AvgIpc) is 2.88. The molecule has 1 aliphatic heterocycles. The Morgan fingerprint density at radius 3 is 2.92 bits per heavy atom. The third-order valence-corrected chi connectivity index (χ3v) is 2.59. The molecule has 1 N–H and O–H groups in total. The van der Waals surface area contributed by atoms with Crippen LogP contribution in [0.25, 0.3) is 0 Å². The van der Waals surface area contributed by atoms with E-state index in [2.05, 4.69) is 5.32 Å². The van der Waals surface area contributed by atoms with E-state index >= 15 is 0 Å². The maximum Gasteiger partial charge on any atom is 0.0936 e. The zero-order chi connectivity index (χ0) is 8.39. The van der Waals surface area contributed by atoms with Gasteiger partial charge < -0.3 is 14.8 Å². The summed E-state index contributed by atoms with van der Waals surface area (Å²) in [6, 6.07) is 0. The van der Waals surface area contributed by atoms with Gasteiger partial charge in [-0.2, -0.15) is 0 Å². The van der Waals surface area contributed by atoms with E-state index in [0.717, 1.165) is 25.6 Å². The monoisotopic (exact) mass is 171 g/mol. The lowest BCUT2D eigenvalue weighted by molar-refractivity contribution is -0.0760. The van der Waals surface area contributed by atoms with Crippen LogP contribution in [0.1, 0.15) is 12.8 Å². The molecular formula is C9H17NO2. The van der Waals surface area contributed by atoms with E-state index in [0.29, 0.717) is 6.10 Å². The second-order valence-electron chi connectivity index (χ2n) is 3.75. The molecule has 2 fully saturated rings. The Hall–Kier alpha value is -0.120. The molecule has 0 radical (unpaired) electrons. The number of rotatable bonds is 3. The smallest absolute Gasteiger partial charge is 0.0936 e. The molecule has 0 spiro atoms. The van der Waals surface area contributed by atoms with E-state index in [1.807, 2.05) is 0 Å². The molecular weight excluding hydrogens is 154 g/mol. The molecule has 0 aromatic heterocycles. The van der Waals surface area contributed by atoms with Crippen molar-refractivity contribution in [1.82, 2.24) is 5.32 Å². The van der Waals surface area contributed by atoms with E-state index in [9.17, 15) is 0 Å². The van der Waals surface area contributed by atoms with Crippen molar-refractivity contribution in [2.24, 2.45) is 5.92 Å². The summed E-state index contributed by atoms with van der Waals surface area (Å²) in [6.45, 7) is 2.69. The van der Waals surface area contributed by atoms with Gasteiger partial charge in [-0.25, -0.2) is 0 Å². The zero-order valence-electron chi connectivity index (χ0n) is 7.58. The molecule has 3 nitrogen and oxygen atoms in total. The first-order chi connectivity index (χ1) is 5.90. The predicted molar refractivity (Wildman–Crippen MR) is 46.1 cm³/mol. The van der Waals surface area contributed by atoms with Gasteiger partial charge in [-0.05, 0) is 18.8 Å². The highest BCUT2D eigenvalue weighted by Gasteiger charge is 2.35. The summed E-state index contributed by atoms with van der Waals surface area (Å²) < 4.78 is 10.9. The molecule has 3 heteroatoms. The lowest BCUT2D eigenvalue weighted by atomic mass is 10.2. The van der Waals surface area contributed by atoms with Gasteiger partial charge in [-0.3, -0.25) is 0 Å². The van der Waals surface area contributed by atoms with Gasteiger partial charge in [0.2, 0.25) is 0 Å². The van der Waals surface area contributed by atoms with Crippen molar-refractivity contribution in [2.75, 3.05) is 26.8 Å². The molecule has 2 aliphatic rings. The lowest BCUT2D eigenvalue weighted by Crippen LogP contribution is -2.47. The van der Waals surface area contributed by atoms with Crippen molar-refractivity contribution in [3.63, 3.8) is 0 Å². The van der Waals surface area contributed by atoms with Crippen LogP contribution in [-0.4, -0.2) is 39.0 Å². The summed E-state index contributed by atoms with van der Waals surface area (Å²) in [5.41, 5.74) is 0. The molecule has 1 aliphatic carbocycles. The van der Waals surface area contributed by atoms with Crippen molar-refractivity contribution in [2.45, 2.75) is 25.0 Å². The van der Waals surface area contributed by atoms with Gasteiger partial charge in [-0.15, -0.1) is 0 Å². The van der Waals surface area contributed by atoms with E-state index in [1.165, 1.54) is 12.8 Å². The Kier molecular flexibility index (Phi) is 2.63. The molecule has 2 atom stereocenters. The van der Waals surface area contributed by atoms with Crippen LogP contribution in [0.4, 0.5) is 0 Å². The van der Waals surface area contributed by atoms with E-state index < -0.39 is 0 Å². The summed E-state index contributed by atoms with van der Waals surface area (Å²) in [6.07, 6.45) is 3.44. The molecule has 0 bridgehead atoms. The summed E-state index contributed by atoms with van der Waals surface area (Å²) in [7, 11) is 1.73. The molecule has 2 unspecified atom stereocenters. The maximum atomic E-state index is 5.86. The fourth-order valence-electron chi connectivity index (χ4n) is 1.76. The third-order valence-electron chi connectivity index (χ3n) is 2.59. The Morgan fingerprint density at radius 2 is 2.25 bits per heavy atom. The minimum absolute atomic E-state index is 0.273. The Labute approximate surface area is 73.4 Å².